The zero-order chi connectivity index (χ0) is 23.7. The molecule has 2 aromatic carbocycles. The van der Waals surface area contributed by atoms with Crippen LogP contribution in [0.1, 0.15) is 24.5 Å². The maximum Gasteiger partial charge on any atom is 0.410 e. The zero-order valence-corrected chi connectivity index (χ0v) is 18.7. The molecule has 3 rings (SSSR count). The van der Waals surface area contributed by atoms with E-state index in [0.717, 1.165) is 11.1 Å². The number of hydrogen-bond donors (Lipinski definition) is 1. The number of methoxy groups -OCH3 is 1. The lowest BCUT2D eigenvalue weighted by Crippen LogP contribution is -2.62. The van der Waals surface area contributed by atoms with Crippen molar-refractivity contribution in [2.24, 2.45) is 0 Å². The molecule has 1 aliphatic heterocycles. The Morgan fingerprint density at radius 1 is 0.970 bits per heavy atom. The summed E-state index contributed by atoms with van der Waals surface area (Å²) in [4.78, 5) is 39.7. The molecule has 0 bridgehead atoms. The van der Waals surface area contributed by atoms with Crippen LogP contribution >= 0.6 is 0 Å². The molecule has 0 aliphatic carbocycles. The topological polar surface area (TPSA) is 94.2 Å². The number of ether oxygens (including phenoxy) is 3. The maximum absolute atomic E-state index is 12.9. The van der Waals surface area contributed by atoms with Gasteiger partial charge in [0.05, 0.1) is 19.7 Å². The van der Waals surface area contributed by atoms with Crippen LogP contribution in [0.25, 0.3) is 0 Å². The molecule has 0 spiro atoms. The molecule has 0 radical (unpaired) electrons. The Kier molecular flexibility index (Phi) is 8.07. The smallest absolute Gasteiger partial charge is 0.410 e. The molecule has 174 valence electrons. The highest BCUT2D eigenvalue weighted by Crippen LogP contribution is 2.23. The molecule has 33 heavy (non-hydrogen) atoms. The second-order valence-electron chi connectivity index (χ2n) is 7.80. The van der Waals surface area contributed by atoms with E-state index >= 15 is 0 Å². The molecular weight excluding hydrogens is 424 g/mol. The first-order valence-electron chi connectivity index (χ1n) is 10.6. The quantitative estimate of drug-likeness (QED) is 0.407. The number of carbonyl (C=O) groups is 3. The highest BCUT2D eigenvalue weighted by Gasteiger charge is 2.45. The molecule has 2 atom stereocenters. The summed E-state index contributed by atoms with van der Waals surface area (Å²) in [5.74, 6) is -0.682. The zero-order valence-electron chi connectivity index (χ0n) is 18.7. The van der Waals surface area contributed by atoms with Crippen LogP contribution in [0.2, 0.25) is 0 Å². The summed E-state index contributed by atoms with van der Waals surface area (Å²) in [7, 11) is 1.23. The van der Waals surface area contributed by atoms with Crippen LogP contribution in [0.4, 0.5) is 9.59 Å². The Bertz CT molecular complexity index is 979. The third-order valence-electron chi connectivity index (χ3n) is 5.38. The molecule has 2 aromatic rings. The summed E-state index contributed by atoms with van der Waals surface area (Å²) in [6, 6.07) is 18.1. The second-order valence-corrected chi connectivity index (χ2v) is 7.80. The largest absolute Gasteiger partial charge is 0.467 e. The standard InChI is InChI=1S/C25H28N2O6/c1-19-10-9-15-25(22(28)31-2,26-23(29)32-16-20-11-5-3-6-12-20)18-27(19)24(30)33-17-21-13-7-4-8-14-21/h3-14,19H,15-18H2,1-2H3,(H,26,29)/t19-,25-/m0/s1. The average molecular weight is 453 g/mol. The fourth-order valence-corrected chi connectivity index (χ4v) is 3.54. The first-order valence-corrected chi connectivity index (χ1v) is 10.6. The highest BCUT2D eigenvalue weighted by molar-refractivity contribution is 5.87. The predicted molar refractivity (Wildman–Crippen MR) is 121 cm³/mol. The van der Waals surface area contributed by atoms with E-state index in [1.165, 1.54) is 12.0 Å². The molecule has 0 unspecified atom stereocenters. The minimum atomic E-state index is -1.52. The fraction of sp³-hybridized carbons (Fsp3) is 0.320. The third-order valence-corrected chi connectivity index (χ3v) is 5.38. The van der Waals surface area contributed by atoms with Crippen LogP contribution in [0.3, 0.4) is 0 Å². The van der Waals surface area contributed by atoms with Crippen molar-refractivity contribution in [3.8, 4) is 0 Å². The van der Waals surface area contributed by atoms with Crippen LogP contribution in [0, 0.1) is 0 Å². The van der Waals surface area contributed by atoms with Gasteiger partial charge in [-0.15, -0.1) is 0 Å². The van der Waals surface area contributed by atoms with Crippen molar-refractivity contribution < 1.29 is 28.6 Å². The van der Waals surface area contributed by atoms with Gasteiger partial charge in [0.25, 0.3) is 0 Å². The normalized spacial score (nSPS) is 19.8. The van der Waals surface area contributed by atoms with Crippen LogP contribution in [0.15, 0.2) is 72.8 Å². The Morgan fingerprint density at radius 3 is 2.12 bits per heavy atom. The van der Waals surface area contributed by atoms with Crippen LogP contribution in [-0.2, 0) is 32.2 Å². The number of benzene rings is 2. The van der Waals surface area contributed by atoms with Gasteiger partial charge in [0.1, 0.15) is 13.2 Å². The maximum atomic E-state index is 12.9. The van der Waals surface area contributed by atoms with Gasteiger partial charge in [-0.1, -0.05) is 72.8 Å². The highest BCUT2D eigenvalue weighted by atomic mass is 16.6. The van der Waals surface area contributed by atoms with Gasteiger partial charge in [-0.3, -0.25) is 4.90 Å². The molecule has 8 heteroatoms. The molecule has 0 saturated carbocycles. The molecule has 1 N–H and O–H groups in total. The Labute approximate surface area is 193 Å². The number of nitrogens with one attached hydrogen (secondary N) is 1. The Balaban J connectivity index is 1.72. The van der Waals surface area contributed by atoms with Crippen molar-refractivity contribution in [3.05, 3.63) is 83.9 Å². The van der Waals surface area contributed by atoms with Gasteiger partial charge in [-0.2, -0.15) is 0 Å². The summed E-state index contributed by atoms with van der Waals surface area (Å²) < 4.78 is 15.8. The van der Waals surface area contributed by atoms with Gasteiger partial charge >= 0.3 is 18.2 Å². The molecule has 1 heterocycles. The summed E-state index contributed by atoms with van der Waals surface area (Å²) >= 11 is 0. The van der Waals surface area contributed by atoms with Crippen molar-refractivity contribution in [1.82, 2.24) is 10.2 Å². The Hall–Kier alpha value is -3.81. The molecule has 8 nitrogen and oxygen atoms in total. The van der Waals surface area contributed by atoms with E-state index in [1.54, 1.807) is 19.1 Å². The van der Waals surface area contributed by atoms with Gasteiger partial charge in [0.2, 0.25) is 0 Å². The Morgan fingerprint density at radius 2 is 1.55 bits per heavy atom. The van der Waals surface area contributed by atoms with Crippen LogP contribution in [-0.4, -0.2) is 48.3 Å². The van der Waals surface area contributed by atoms with Gasteiger partial charge in [0.15, 0.2) is 5.54 Å². The van der Waals surface area contributed by atoms with Crippen LogP contribution in [0.5, 0.6) is 0 Å². The van der Waals surface area contributed by atoms with Gasteiger partial charge < -0.3 is 19.5 Å². The van der Waals surface area contributed by atoms with Gasteiger partial charge in [-0.05, 0) is 18.1 Å². The fourth-order valence-electron chi connectivity index (χ4n) is 3.54. The minimum absolute atomic E-state index is 0.0407. The van der Waals surface area contributed by atoms with E-state index < -0.39 is 23.7 Å². The van der Waals surface area contributed by atoms with E-state index in [-0.39, 0.29) is 32.2 Å². The van der Waals surface area contributed by atoms with E-state index in [0.29, 0.717) is 0 Å². The average Bonchev–Trinajstić information content (AvgIpc) is 3.01. The van der Waals surface area contributed by atoms with E-state index in [4.69, 9.17) is 14.2 Å². The number of alkyl carbamates (subject to hydrolysis) is 1. The monoisotopic (exact) mass is 452 g/mol. The lowest BCUT2D eigenvalue weighted by molar-refractivity contribution is -0.149. The van der Waals surface area contributed by atoms with E-state index in [9.17, 15) is 14.4 Å². The van der Waals surface area contributed by atoms with Gasteiger partial charge in [-0.25, -0.2) is 14.4 Å². The van der Waals surface area contributed by atoms with Crippen molar-refractivity contribution >= 4 is 18.2 Å². The third kappa shape index (κ3) is 6.35. The first-order chi connectivity index (χ1) is 15.9. The molecule has 0 fully saturated rings. The van der Waals surface area contributed by atoms with Crippen molar-refractivity contribution in [2.45, 2.75) is 38.1 Å². The van der Waals surface area contributed by atoms with E-state index in [1.807, 2.05) is 60.7 Å². The lowest BCUT2D eigenvalue weighted by atomic mass is 9.95. The number of carbonyl (C=O) groups excluding carboxylic acids is 3. The molecule has 2 amide bonds. The van der Waals surface area contributed by atoms with Crippen LogP contribution < -0.4 is 5.32 Å². The number of amides is 2. The SMILES string of the molecule is COC(=O)[C@]1(NC(=O)OCc2ccccc2)CC=C[C@H](C)N(C(=O)OCc2ccccc2)C1. The first kappa shape index (κ1) is 23.8. The second kappa shape index (κ2) is 11.2. The number of rotatable bonds is 6. The minimum Gasteiger partial charge on any atom is -0.467 e. The summed E-state index contributed by atoms with van der Waals surface area (Å²) in [5.41, 5.74) is 0.126. The molecule has 1 aliphatic rings. The summed E-state index contributed by atoms with van der Waals surface area (Å²) in [6.07, 6.45) is 2.26. The number of hydrogen-bond acceptors (Lipinski definition) is 6. The van der Waals surface area contributed by atoms with Crippen molar-refractivity contribution in [3.63, 3.8) is 0 Å². The predicted octanol–water partition coefficient (Wildman–Crippen LogP) is 3.81. The van der Waals surface area contributed by atoms with Crippen molar-refractivity contribution in [2.75, 3.05) is 13.7 Å². The lowest BCUT2D eigenvalue weighted by Gasteiger charge is -2.35. The molecular formula is C25H28N2O6. The number of esters is 1. The summed E-state index contributed by atoms with van der Waals surface area (Å²) in [5, 5.41) is 2.64. The molecule has 0 aromatic heterocycles. The summed E-state index contributed by atoms with van der Waals surface area (Å²) in [6.45, 7) is 1.80. The van der Waals surface area contributed by atoms with Gasteiger partial charge in [0, 0.05) is 6.42 Å². The molecule has 0 saturated heterocycles. The van der Waals surface area contributed by atoms with E-state index in [2.05, 4.69) is 5.32 Å². The number of nitrogens with zero attached hydrogens (tertiary/aromatic N) is 1. The van der Waals surface area contributed by atoms with Crippen molar-refractivity contribution in [1.29, 1.82) is 0 Å².